The zero-order valence-electron chi connectivity index (χ0n) is 12.2. The molecule has 0 amide bonds. The van der Waals surface area contributed by atoms with Gasteiger partial charge in [-0.15, -0.1) is 0 Å². The van der Waals surface area contributed by atoms with Crippen molar-refractivity contribution >= 4 is 23.0 Å². The Labute approximate surface area is 130 Å². The number of carbonyl (C=O) groups excluding carboxylic acids is 1. The van der Waals surface area contributed by atoms with Crippen LogP contribution in [-0.4, -0.2) is 33.4 Å². The zero-order valence-corrected chi connectivity index (χ0v) is 12.2. The lowest BCUT2D eigenvalue weighted by Crippen LogP contribution is -2.09. The molecule has 0 spiro atoms. The maximum atomic E-state index is 12.7. The number of rotatable bonds is 4. The normalized spacial score (nSPS) is 10.7. The van der Waals surface area contributed by atoms with Gasteiger partial charge in [0.05, 0.1) is 30.1 Å². The molecule has 0 atom stereocenters. The third-order valence-corrected chi connectivity index (χ3v) is 3.50. The van der Waals surface area contributed by atoms with Crippen molar-refractivity contribution in [3.63, 3.8) is 0 Å². The van der Waals surface area contributed by atoms with Gasteiger partial charge in [-0.1, -0.05) is 0 Å². The molecule has 23 heavy (non-hydrogen) atoms. The van der Waals surface area contributed by atoms with E-state index in [-0.39, 0.29) is 17.2 Å². The number of hydrogen-bond donors (Lipinski definition) is 2. The van der Waals surface area contributed by atoms with Crippen molar-refractivity contribution in [2.24, 2.45) is 0 Å². The number of carboxylic acids is 1. The molecule has 0 radical (unpaired) electrons. The van der Waals surface area contributed by atoms with Crippen LogP contribution in [0.2, 0.25) is 0 Å². The summed E-state index contributed by atoms with van der Waals surface area (Å²) in [5.41, 5.74) is 6.94. The maximum absolute atomic E-state index is 12.7. The van der Waals surface area contributed by atoms with Gasteiger partial charge in [0.15, 0.2) is 5.82 Å². The second-order valence-corrected chi connectivity index (χ2v) is 4.85. The first-order valence-corrected chi connectivity index (χ1v) is 6.70. The summed E-state index contributed by atoms with van der Waals surface area (Å²) in [5.74, 6) is -0.924. The monoisotopic (exact) mass is 311 g/mol. The Kier molecular flexibility index (Phi) is 3.46. The van der Waals surface area contributed by atoms with E-state index < -0.39 is 5.97 Å². The number of ether oxygens (including phenoxy) is 1. The number of ketones is 1. The average Bonchev–Trinajstić information content (AvgIpc) is 2.98. The third kappa shape index (κ3) is 2.38. The summed E-state index contributed by atoms with van der Waals surface area (Å²) in [6.45, 7) is 0. The van der Waals surface area contributed by atoms with Gasteiger partial charge >= 0.3 is 5.97 Å². The Balaban J connectivity index is 2.12. The molecular weight excluding hydrogens is 298 g/mol. The summed E-state index contributed by atoms with van der Waals surface area (Å²) in [6.07, 6.45) is 2.96. The average molecular weight is 311 g/mol. The van der Waals surface area contributed by atoms with Gasteiger partial charge in [-0.2, -0.15) is 0 Å². The minimum Gasteiger partial charge on any atom is -0.495 e. The van der Waals surface area contributed by atoms with Crippen LogP contribution in [0.5, 0.6) is 5.75 Å². The van der Waals surface area contributed by atoms with Crippen molar-refractivity contribution in [2.75, 3.05) is 12.8 Å². The van der Waals surface area contributed by atoms with Crippen LogP contribution in [0.25, 0.3) is 5.52 Å². The number of hydrogen-bond acceptors (Lipinski definition) is 5. The highest BCUT2D eigenvalue weighted by molar-refractivity contribution is 6.08. The van der Waals surface area contributed by atoms with E-state index in [1.165, 1.54) is 29.8 Å². The van der Waals surface area contributed by atoms with Gasteiger partial charge < -0.3 is 15.6 Å². The molecule has 0 bridgehead atoms. The summed E-state index contributed by atoms with van der Waals surface area (Å²) in [6, 6.07) is 7.69. The number of carbonyl (C=O) groups is 2. The van der Waals surface area contributed by atoms with E-state index in [1.807, 2.05) is 0 Å². The minimum atomic E-state index is -1.08. The first kappa shape index (κ1) is 14.6. The molecule has 2 heterocycles. The van der Waals surface area contributed by atoms with Crippen molar-refractivity contribution in [3.05, 3.63) is 59.7 Å². The number of nitrogens with zero attached hydrogens (tertiary/aromatic N) is 2. The fourth-order valence-corrected chi connectivity index (χ4v) is 2.35. The fourth-order valence-electron chi connectivity index (χ4n) is 2.35. The van der Waals surface area contributed by atoms with Crippen LogP contribution in [0.15, 0.2) is 42.7 Å². The molecule has 3 aromatic rings. The predicted molar refractivity (Wildman–Crippen MR) is 83.0 cm³/mol. The SMILES string of the molecule is COc1cc(C(=O)c2ncc3c(C(=O)O)cccn23)ccc1N. The predicted octanol–water partition coefficient (Wildman–Crippen LogP) is 1.85. The van der Waals surface area contributed by atoms with Crippen LogP contribution in [0.4, 0.5) is 5.69 Å². The highest BCUT2D eigenvalue weighted by Gasteiger charge is 2.19. The van der Waals surface area contributed by atoms with E-state index in [0.29, 0.717) is 22.5 Å². The summed E-state index contributed by atoms with van der Waals surface area (Å²) in [5, 5.41) is 9.19. The lowest BCUT2D eigenvalue weighted by atomic mass is 10.1. The summed E-state index contributed by atoms with van der Waals surface area (Å²) < 4.78 is 6.56. The lowest BCUT2D eigenvalue weighted by Gasteiger charge is -2.07. The largest absolute Gasteiger partial charge is 0.495 e. The number of methoxy groups -OCH3 is 1. The summed E-state index contributed by atoms with van der Waals surface area (Å²) in [4.78, 5) is 28.0. The van der Waals surface area contributed by atoms with Crippen molar-refractivity contribution in [3.8, 4) is 5.75 Å². The van der Waals surface area contributed by atoms with E-state index in [2.05, 4.69) is 4.98 Å². The van der Waals surface area contributed by atoms with Crippen LogP contribution in [-0.2, 0) is 0 Å². The highest BCUT2D eigenvalue weighted by Crippen LogP contribution is 2.24. The van der Waals surface area contributed by atoms with E-state index in [4.69, 9.17) is 10.5 Å². The fraction of sp³-hybridized carbons (Fsp3) is 0.0625. The number of aromatic nitrogens is 2. The molecule has 3 N–H and O–H groups in total. The second kappa shape index (κ2) is 5.45. The van der Waals surface area contributed by atoms with Crippen LogP contribution in [0.1, 0.15) is 26.5 Å². The van der Waals surface area contributed by atoms with Gasteiger partial charge in [-0.05, 0) is 30.3 Å². The maximum Gasteiger partial charge on any atom is 0.337 e. The molecule has 2 aromatic heterocycles. The first-order valence-electron chi connectivity index (χ1n) is 6.70. The van der Waals surface area contributed by atoms with Crippen LogP contribution in [0, 0.1) is 0 Å². The number of nitrogen functional groups attached to an aromatic ring is 1. The Morgan fingerprint density at radius 2 is 2.09 bits per heavy atom. The smallest absolute Gasteiger partial charge is 0.337 e. The number of fused-ring (bicyclic) bond motifs is 1. The number of pyridine rings is 1. The van der Waals surface area contributed by atoms with Crippen molar-refractivity contribution in [2.45, 2.75) is 0 Å². The van der Waals surface area contributed by atoms with Crippen molar-refractivity contribution in [1.82, 2.24) is 9.38 Å². The topological polar surface area (TPSA) is 107 Å². The number of nitrogens with two attached hydrogens (primary N) is 1. The van der Waals surface area contributed by atoms with Gasteiger partial charge in [-0.25, -0.2) is 9.78 Å². The number of carboxylic acid groups (broad SMARTS) is 1. The molecule has 0 fully saturated rings. The molecule has 0 saturated heterocycles. The molecule has 0 aliphatic heterocycles. The van der Waals surface area contributed by atoms with Gasteiger partial charge in [0.25, 0.3) is 0 Å². The Bertz CT molecular complexity index is 930. The zero-order chi connectivity index (χ0) is 16.6. The number of aromatic carboxylic acids is 1. The first-order chi connectivity index (χ1) is 11.0. The molecule has 7 nitrogen and oxygen atoms in total. The Morgan fingerprint density at radius 1 is 1.30 bits per heavy atom. The quantitative estimate of drug-likeness (QED) is 0.562. The molecule has 0 aliphatic rings. The summed E-state index contributed by atoms with van der Waals surface area (Å²) in [7, 11) is 1.46. The molecule has 0 saturated carbocycles. The van der Waals surface area contributed by atoms with Crippen LogP contribution < -0.4 is 10.5 Å². The Hall–Kier alpha value is -3.35. The van der Waals surface area contributed by atoms with Crippen LogP contribution >= 0.6 is 0 Å². The van der Waals surface area contributed by atoms with Crippen molar-refractivity contribution in [1.29, 1.82) is 0 Å². The van der Waals surface area contributed by atoms with E-state index in [1.54, 1.807) is 24.4 Å². The highest BCUT2D eigenvalue weighted by atomic mass is 16.5. The Morgan fingerprint density at radius 3 is 2.78 bits per heavy atom. The molecule has 3 rings (SSSR count). The second-order valence-electron chi connectivity index (χ2n) is 4.85. The number of benzene rings is 1. The molecule has 0 aliphatic carbocycles. The summed E-state index contributed by atoms with van der Waals surface area (Å²) >= 11 is 0. The molecule has 1 aromatic carbocycles. The minimum absolute atomic E-state index is 0.0777. The van der Waals surface area contributed by atoms with E-state index in [0.717, 1.165) is 0 Å². The van der Waals surface area contributed by atoms with Gasteiger partial charge in [0.2, 0.25) is 5.78 Å². The molecule has 0 unspecified atom stereocenters. The van der Waals surface area contributed by atoms with Gasteiger partial charge in [-0.3, -0.25) is 9.20 Å². The molecular formula is C16H13N3O4. The number of anilines is 1. The molecule has 116 valence electrons. The van der Waals surface area contributed by atoms with Gasteiger partial charge in [0.1, 0.15) is 5.75 Å². The number of imidazole rings is 1. The van der Waals surface area contributed by atoms with Gasteiger partial charge in [0, 0.05) is 11.8 Å². The van der Waals surface area contributed by atoms with E-state index >= 15 is 0 Å². The lowest BCUT2D eigenvalue weighted by molar-refractivity contribution is 0.0698. The standard InChI is InChI=1S/C16H13N3O4/c1-23-13-7-9(4-5-11(13)17)14(20)15-18-8-12-10(16(21)22)3-2-6-19(12)15/h2-8H,17H2,1H3,(H,21,22). The van der Waals surface area contributed by atoms with E-state index in [9.17, 15) is 14.7 Å². The third-order valence-electron chi connectivity index (χ3n) is 3.50. The molecule has 7 heteroatoms. The van der Waals surface area contributed by atoms with Crippen LogP contribution in [0.3, 0.4) is 0 Å². The van der Waals surface area contributed by atoms with Crippen molar-refractivity contribution < 1.29 is 19.4 Å².